The number of hydrogen-bond donors (Lipinski definition) is 1. The van der Waals surface area contributed by atoms with Crippen molar-refractivity contribution in [3.05, 3.63) is 45.7 Å². The van der Waals surface area contributed by atoms with Crippen LogP contribution in [0.25, 0.3) is 0 Å². The summed E-state index contributed by atoms with van der Waals surface area (Å²) in [4.78, 5) is 18.3. The maximum Gasteiger partial charge on any atom is 0.232 e. The lowest BCUT2D eigenvalue weighted by Gasteiger charge is -2.08. The van der Waals surface area contributed by atoms with E-state index in [-0.39, 0.29) is 16.3 Å². The van der Waals surface area contributed by atoms with Crippen LogP contribution in [0, 0.1) is 0 Å². The summed E-state index contributed by atoms with van der Waals surface area (Å²) >= 11 is 12.1. The Morgan fingerprint density at radius 1 is 1.20 bits per heavy atom. The number of carbonyl (C=O) groups excluding carboxylic acids is 1. The van der Waals surface area contributed by atoms with Crippen molar-refractivity contribution in [3.8, 4) is 5.75 Å². The fourth-order valence-corrected chi connectivity index (χ4v) is 2.16. The zero-order valence-corrected chi connectivity index (χ0v) is 12.1. The van der Waals surface area contributed by atoms with Gasteiger partial charge in [-0.2, -0.15) is 0 Å². The SMILES string of the molecule is COc1ccc(Cc2c(Cl)nc(NC=O)nc2Cl)cc1. The summed E-state index contributed by atoms with van der Waals surface area (Å²) in [7, 11) is 1.61. The fourth-order valence-electron chi connectivity index (χ4n) is 1.64. The van der Waals surface area contributed by atoms with Crippen LogP contribution in [0.15, 0.2) is 24.3 Å². The molecule has 20 heavy (non-hydrogen) atoms. The van der Waals surface area contributed by atoms with Crippen LogP contribution in [0.1, 0.15) is 11.1 Å². The average molecular weight is 312 g/mol. The van der Waals surface area contributed by atoms with Crippen molar-refractivity contribution >= 4 is 35.6 Å². The molecule has 0 atom stereocenters. The van der Waals surface area contributed by atoms with Crippen LogP contribution in [0.3, 0.4) is 0 Å². The van der Waals surface area contributed by atoms with E-state index in [1.807, 2.05) is 24.3 Å². The smallest absolute Gasteiger partial charge is 0.232 e. The molecule has 0 aliphatic rings. The van der Waals surface area contributed by atoms with Crippen molar-refractivity contribution in [1.29, 1.82) is 0 Å². The van der Waals surface area contributed by atoms with Gasteiger partial charge in [-0.1, -0.05) is 35.3 Å². The monoisotopic (exact) mass is 311 g/mol. The average Bonchev–Trinajstić information content (AvgIpc) is 2.44. The third-order valence-electron chi connectivity index (χ3n) is 2.63. The Hall–Kier alpha value is -1.85. The molecule has 1 N–H and O–H groups in total. The minimum atomic E-state index is 0.0773. The molecule has 0 fully saturated rings. The van der Waals surface area contributed by atoms with E-state index in [9.17, 15) is 4.79 Å². The second-order valence-electron chi connectivity index (χ2n) is 3.89. The Kier molecular flexibility index (Phi) is 4.76. The van der Waals surface area contributed by atoms with Crippen LogP contribution in [-0.4, -0.2) is 23.5 Å². The van der Waals surface area contributed by atoms with Crippen molar-refractivity contribution in [3.63, 3.8) is 0 Å². The lowest BCUT2D eigenvalue weighted by Crippen LogP contribution is -2.04. The highest BCUT2D eigenvalue weighted by Gasteiger charge is 2.12. The number of halogens is 2. The van der Waals surface area contributed by atoms with Crippen LogP contribution in [0.5, 0.6) is 5.75 Å². The predicted molar refractivity (Wildman–Crippen MR) is 77.5 cm³/mol. The molecule has 1 amide bonds. The van der Waals surface area contributed by atoms with Gasteiger partial charge >= 0.3 is 0 Å². The minimum Gasteiger partial charge on any atom is -0.497 e. The Morgan fingerprint density at radius 2 is 1.80 bits per heavy atom. The number of anilines is 1. The first-order valence-electron chi connectivity index (χ1n) is 5.69. The number of ether oxygens (including phenoxy) is 1. The molecule has 104 valence electrons. The van der Waals surface area contributed by atoms with Crippen molar-refractivity contribution in [2.24, 2.45) is 0 Å². The first-order valence-corrected chi connectivity index (χ1v) is 6.44. The molecule has 0 aliphatic heterocycles. The molecule has 0 unspecified atom stereocenters. The van der Waals surface area contributed by atoms with E-state index >= 15 is 0 Å². The van der Waals surface area contributed by atoms with E-state index in [2.05, 4.69) is 15.3 Å². The number of nitrogens with one attached hydrogen (secondary N) is 1. The quantitative estimate of drug-likeness (QED) is 0.681. The molecule has 7 heteroatoms. The highest BCUT2D eigenvalue weighted by Crippen LogP contribution is 2.26. The van der Waals surface area contributed by atoms with E-state index in [4.69, 9.17) is 27.9 Å². The van der Waals surface area contributed by atoms with Crippen molar-refractivity contribution in [1.82, 2.24) is 9.97 Å². The zero-order valence-electron chi connectivity index (χ0n) is 10.6. The molecular formula is C13H11Cl2N3O2. The lowest BCUT2D eigenvalue weighted by atomic mass is 10.1. The summed E-state index contributed by atoms with van der Waals surface area (Å²) in [6.07, 6.45) is 0.953. The van der Waals surface area contributed by atoms with Crippen LogP contribution in [0.4, 0.5) is 5.95 Å². The Morgan fingerprint density at radius 3 is 2.30 bits per heavy atom. The number of aromatic nitrogens is 2. The normalized spacial score (nSPS) is 10.2. The first-order chi connectivity index (χ1) is 9.63. The molecule has 0 bridgehead atoms. The van der Waals surface area contributed by atoms with E-state index in [1.54, 1.807) is 7.11 Å². The lowest BCUT2D eigenvalue weighted by molar-refractivity contribution is -0.105. The van der Waals surface area contributed by atoms with Gasteiger partial charge in [-0.3, -0.25) is 10.1 Å². The zero-order chi connectivity index (χ0) is 14.5. The van der Waals surface area contributed by atoms with Gasteiger partial charge in [0.2, 0.25) is 12.4 Å². The number of benzene rings is 1. The molecular weight excluding hydrogens is 301 g/mol. The number of carbonyl (C=O) groups is 1. The molecule has 0 spiro atoms. The van der Waals surface area contributed by atoms with Gasteiger partial charge in [-0.05, 0) is 17.7 Å². The predicted octanol–water partition coefficient (Wildman–Crippen LogP) is 2.95. The highest BCUT2D eigenvalue weighted by molar-refractivity contribution is 6.34. The molecule has 0 aliphatic carbocycles. The van der Waals surface area contributed by atoms with Crippen molar-refractivity contribution in [2.75, 3.05) is 12.4 Å². The summed E-state index contributed by atoms with van der Waals surface area (Å²) in [5.41, 5.74) is 1.60. The van der Waals surface area contributed by atoms with Crippen LogP contribution in [0.2, 0.25) is 10.3 Å². The second-order valence-corrected chi connectivity index (χ2v) is 4.61. The molecule has 0 radical (unpaired) electrons. The van der Waals surface area contributed by atoms with E-state index in [0.717, 1.165) is 11.3 Å². The van der Waals surface area contributed by atoms with Crippen LogP contribution >= 0.6 is 23.2 Å². The number of nitrogens with zero attached hydrogens (tertiary/aromatic N) is 2. The summed E-state index contributed by atoms with van der Waals surface area (Å²) in [5, 5.41) is 2.73. The van der Waals surface area contributed by atoms with Gasteiger partial charge in [-0.25, -0.2) is 9.97 Å². The van der Waals surface area contributed by atoms with Gasteiger partial charge in [-0.15, -0.1) is 0 Å². The number of hydrogen-bond acceptors (Lipinski definition) is 4. The van der Waals surface area contributed by atoms with Crippen molar-refractivity contribution < 1.29 is 9.53 Å². The Balaban J connectivity index is 2.26. The van der Waals surface area contributed by atoms with Crippen LogP contribution in [-0.2, 0) is 11.2 Å². The third-order valence-corrected chi connectivity index (χ3v) is 3.26. The van der Waals surface area contributed by atoms with E-state index in [0.29, 0.717) is 18.4 Å². The summed E-state index contributed by atoms with van der Waals surface area (Å²) in [6, 6.07) is 7.51. The summed E-state index contributed by atoms with van der Waals surface area (Å²) < 4.78 is 5.09. The van der Waals surface area contributed by atoms with Gasteiger partial charge in [0.25, 0.3) is 0 Å². The molecule has 1 aromatic carbocycles. The Bertz CT molecular complexity index is 595. The topological polar surface area (TPSA) is 64.1 Å². The molecule has 0 saturated heterocycles. The van der Waals surface area contributed by atoms with Crippen molar-refractivity contribution in [2.45, 2.75) is 6.42 Å². The summed E-state index contributed by atoms with van der Waals surface area (Å²) in [6.45, 7) is 0. The van der Waals surface area contributed by atoms with Gasteiger partial charge in [0.1, 0.15) is 16.1 Å². The first kappa shape index (κ1) is 14.6. The number of methoxy groups -OCH3 is 1. The minimum absolute atomic E-state index is 0.0773. The second kappa shape index (κ2) is 6.54. The molecule has 5 nitrogen and oxygen atoms in total. The molecule has 1 heterocycles. The fraction of sp³-hybridized carbons (Fsp3) is 0.154. The maximum absolute atomic E-state index is 10.3. The maximum atomic E-state index is 10.3. The summed E-state index contributed by atoms with van der Waals surface area (Å²) in [5.74, 6) is 0.848. The number of rotatable bonds is 5. The van der Waals surface area contributed by atoms with Gasteiger partial charge in [0.15, 0.2) is 0 Å². The molecule has 0 saturated carbocycles. The third kappa shape index (κ3) is 3.37. The van der Waals surface area contributed by atoms with Gasteiger partial charge in [0.05, 0.1) is 7.11 Å². The van der Waals surface area contributed by atoms with Crippen LogP contribution < -0.4 is 10.1 Å². The molecule has 2 rings (SSSR count). The van der Waals surface area contributed by atoms with Gasteiger partial charge in [0, 0.05) is 12.0 Å². The van der Waals surface area contributed by atoms with Gasteiger partial charge < -0.3 is 4.74 Å². The highest BCUT2D eigenvalue weighted by atomic mass is 35.5. The van der Waals surface area contributed by atoms with E-state index < -0.39 is 0 Å². The Labute approximate surface area is 125 Å². The molecule has 1 aromatic heterocycles. The van der Waals surface area contributed by atoms with E-state index in [1.165, 1.54) is 0 Å². The standard InChI is InChI=1S/C13H11Cl2N3O2/c1-20-9-4-2-8(3-5-9)6-10-11(14)17-13(16-7-19)18-12(10)15/h2-5,7H,6H2,1H3,(H,16,17,18,19). The number of amides is 1. The molecule has 2 aromatic rings. The largest absolute Gasteiger partial charge is 0.497 e.